The molecule has 2 saturated heterocycles. The number of nitrogens with zero attached hydrogens (tertiary/aromatic N) is 2. The Hall–Kier alpha value is -1.06. The highest BCUT2D eigenvalue weighted by atomic mass is 15.2. The van der Waals surface area contributed by atoms with Crippen LogP contribution in [0.1, 0.15) is 25.5 Å². The summed E-state index contributed by atoms with van der Waals surface area (Å²) >= 11 is 0. The van der Waals surface area contributed by atoms with Gasteiger partial charge >= 0.3 is 0 Å². The number of benzene rings is 1. The third-order valence-corrected chi connectivity index (χ3v) is 5.37. The number of nitrogens with one attached hydrogen (secondary N) is 1. The van der Waals surface area contributed by atoms with Crippen molar-refractivity contribution in [2.75, 3.05) is 38.6 Å². The number of fused-ring (bicyclic) bond motifs is 1. The molecule has 2 aliphatic heterocycles. The quantitative estimate of drug-likeness (QED) is 0.912. The highest BCUT2D eigenvalue weighted by Gasteiger charge is 2.43. The lowest BCUT2D eigenvalue weighted by Crippen LogP contribution is -2.35. The summed E-state index contributed by atoms with van der Waals surface area (Å²) < 4.78 is 0. The first-order valence-corrected chi connectivity index (χ1v) is 7.81. The number of rotatable bonds is 3. The lowest BCUT2D eigenvalue weighted by Gasteiger charge is -2.31. The van der Waals surface area contributed by atoms with Crippen LogP contribution >= 0.6 is 0 Å². The second-order valence-electron chi connectivity index (χ2n) is 6.68. The SMILES string of the molecule is CC(c1ccc(N(C)C)cc1)N1CC2CNCC2C1C. The van der Waals surface area contributed by atoms with Crippen LogP contribution < -0.4 is 10.2 Å². The predicted molar refractivity (Wildman–Crippen MR) is 85.2 cm³/mol. The van der Waals surface area contributed by atoms with Crippen LogP contribution in [0.2, 0.25) is 0 Å². The van der Waals surface area contributed by atoms with Crippen molar-refractivity contribution in [2.45, 2.75) is 25.9 Å². The van der Waals surface area contributed by atoms with Crippen LogP contribution in [0.3, 0.4) is 0 Å². The Morgan fingerprint density at radius 1 is 1.20 bits per heavy atom. The summed E-state index contributed by atoms with van der Waals surface area (Å²) in [5.74, 6) is 1.70. The zero-order valence-corrected chi connectivity index (χ0v) is 13.1. The summed E-state index contributed by atoms with van der Waals surface area (Å²) in [5.41, 5.74) is 2.71. The van der Waals surface area contributed by atoms with E-state index in [1.807, 2.05) is 0 Å². The minimum atomic E-state index is 0.520. The summed E-state index contributed by atoms with van der Waals surface area (Å²) in [6.45, 7) is 8.42. The molecule has 0 aromatic heterocycles. The van der Waals surface area contributed by atoms with Gasteiger partial charge in [-0.3, -0.25) is 4.90 Å². The second-order valence-corrected chi connectivity index (χ2v) is 6.68. The van der Waals surface area contributed by atoms with E-state index in [1.54, 1.807) is 0 Å². The molecule has 3 nitrogen and oxygen atoms in total. The lowest BCUT2D eigenvalue weighted by molar-refractivity contribution is 0.182. The Morgan fingerprint density at radius 3 is 2.50 bits per heavy atom. The van der Waals surface area contributed by atoms with Crippen molar-refractivity contribution < 1.29 is 0 Å². The molecule has 3 rings (SSSR count). The van der Waals surface area contributed by atoms with Gasteiger partial charge in [-0.1, -0.05) is 12.1 Å². The molecule has 2 aliphatic rings. The summed E-state index contributed by atoms with van der Waals surface area (Å²) in [6.07, 6.45) is 0. The molecule has 4 atom stereocenters. The molecule has 2 heterocycles. The van der Waals surface area contributed by atoms with Gasteiger partial charge < -0.3 is 10.2 Å². The molecule has 0 spiro atoms. The van der Waals surface area contributed by atoms with E-state index in [0.29, 0.717) is 12.1 Å². The molecule has 0 aliphatic carbocycles. The van der Waals surface area contributed by atoms with Crippen LogP contribution in [0, 0.1) is 11.8 Å². The van der Waals surface area contributed by atoms with E-state index in [-0.39, 0.29) is 0 Å². The van der Waals surface area contributed by atoms with E-state index in [0.717, 1.165) is 11.8 Å². The van der Waals surface area contributed by atoms with Gasteiger partial charge in [0.05, 0.1) is 0 Å². The van der Waals surface area contributed by atoms with Gasteiger partial charge in [0.15, 0.2) is 0 Å². The fourth-order valence-electron chi connectivity index (χ4n) is 3.95. The number of likely N-dealkylation sites (tertiary alicyclic amines) is 1. The van der Waals surface area contributed by atoms with Crippen molar-refractivity contribution in [3.63, 3.8) is 0 Å². The molecule has 1 aromatic rings. The summed E-state index contributed by atoms with van der Waals surface area (Å²) in [4.78, 5) is 4.85. The first kappa shape index (κ1) is 13.9. The molecular weight excluding hydrogens is 246 g/mol. The fourth-order valence-corrected chi connectivity index (χ4v) is 3.95. The Labute approximate surface area is 123 Å². The Bertz CT molecular complexity index is 454. The van der Waals surface area contributed by atoms with Crippen molar-refractivity contribution in [3.8, 4) is 0 Å². The molecule has 20 heavy (non-hydrogen) atoms. The molecule has 1 N–H and O–H groups in total. The maximum atomic E-state index is 3.54. The maximum absolute atomic E-state index is 3.54. The van der Waals surface area contributed by atoms with Crippen LogP contribution in [-0.4, -0.2) is 44.7 Å². The van der Waals surface area contributed by atoms with Crippen molar-refractivity contribution >= 4 is 5.69 Å². The molecule has 1 aromatic carbocycles. The Balaban J connectivity index is 1.74. The van der Waals surface area contributed by atoms with E-state index in [2.05, 4.69) is 67.3 Å². The van der Waals surface area contributed by atoms with Gasteiger partial charge in [-0.05, 0) is 56.5 Å². The largest absolute Gasteiger partial charge is 0.378 e. The molecule has 2 fully saturated rings. The van der Waals surface area contributed by atoms with Crippen molar-refractivity contribution in [1.29, 1.82) is 0 Å². The van der Waals surface area contributed by atoms with Crippen molar-refractivity contribution in [1.82, 2.24) is 10.2 Å². The average Bonchev–Trinajstić information content (AvgIpc) is 3.02. The van der Waals surface area contributed by atoms with Gasteiger partial charge in [0, 0.05) is 38.4 Å². The van der Waals surface area contributed by atoms with Crippen LogP contribution in [0.25, 0.3) is 0 Å². The van der Waals surface area contributed by atoms with E-state index in [4.69, 9.17) is 0 Å². The van der Waals surface area contributed by atoms with Gasteiger partial charge in [-0.25, -0.2) is 0 Å². The zero-order chi connectivity index (χ0) is 14.3. The summed E-state index contributed by atoms with van der Waals surface area (Å²) in [6, 6.07) is 10.3. The first-order chi connectivity index (χ1) is 9.58. The molecule has 0 bridgehead atoms. The standard InChI is InChI=1S/C17H27N3/c1-12(14-5-7-16(8-6-14)19(3)4)20-11-15-9-18-10-17(15)13(20)2/h5-8,12-13,15,17-18H,9-11H2,1-4H3. The first-order valence-electron chi connectivity index (χ1n) is 7.81. The molecule has 110 valence electrons. The fraction of sp³-hybridized carbons (Fsp3) is 0.647. The minimum absolute atomic E-state index is 0.520. The normalized spacial score (nSPS) is 31.3. The number of hydrogen-bond acceptors (Lipinski definition) is 3. The summed E-state index contributed by atoms with van der Waals surface area (Å²) in [7, 11) is 4.18. The van der Waals surface area contributed by atoms with E-state index in [1.165, 1.54) is 30.9 Å². The number of hydrogen-bond donors (Lipinski definition) is 1. The van der Waals surface area contributed by atoms with E-state index >= 15 is 0 Å². The van der Waals surface area contributed by atoms with E-state index in [9.17, 15) is 0 Å². The maximum Gasteiger partial charge on any atom is 0.0361 e. The highest BCUT2D eigenvalue weighted by Crippen LogP contribution is 2.37. The third-order valence-electron chi connectivity index (χ3n) is 5.37. The van der Waals surface area contributed by atoms with E-state index < -0.39 is 0 Å². The minimum Gasteiger partial charge on any atom is -0.378 e. The van der Waals surface area contributed by atoms with Gasteiger partial charge in [0.2, 0.25) is 0 Å². The zero-order valence-electron chi connectivity index (χ0n) is 13.1. The molecule has 0 saturated carbocycles. The Kier molecular flexibility index (Phi) is 3.74. The topological polar surface area (TPSA) is 18.5 Å². The molecular formula is C17H27N3. The Morgan fingerprint density at radius 2 is 1.90 bits per heavy atom. The predicted octanol–water partition coefficient (Wildman–Crippen LogP) is 2.35. The van der Waals surface area contributed by atoms with Crippen LogP contribution in [-0.2, 0) is 0 Å². The highest BCUT2D eigenvalue weighted by molar-refractivity contribution is 5.46. The second kappa shape index (κ2) is 5.38. The monoisotopic (exact) mass is 273 g/mol. The van der Waals surface area contributed by atoms with Crippen LogP contribution in [0.5, 0.6) is 0 Å². The molecule has 0 amide bonds. The lowest BCUT2D eigenvalue weighted by atomic mass is 9.95. The molecule has 3 heteroatoms. The molecule has 4 unspecified atom stereocenters. The van der Waals surface area contributed by atoms with Gasteiger partial charge in [-0.2, -0.15) is 0 Å². The van der Waals surface area contributed by atoms with Crippen molar-refractivity contribution in [2.24, 2.45) is 11.8 Å². The van der Waals surface area contributed by atoms with Crippen molar-refractivity contribution in [3.05, 3.63) is 29.8 Å². The summed E-state index contributed by atoms with van der Waals surface area (Å²) in [5, 5.41) is 3.54. The van der Waals surface area contributed by atoms with Crippen LogP contribution in [0.15, 0.2) is 24.3 Å². The van der Waals surface area contributed by atoms with Gasteiger partial charge in [0.25, 0.3) is 0 Å². The smallest absolute Gasteiger partial charge is 0.0361 e. The average molecular weight is 273 g/mol. The van der Waals surface area contributed by atoms with Gasteiger partial charge in [0.1, 0.15) is 0 Å². The number of anilines is 1. The molecule has 0 radical (unpaired) electrons. The van der Waals surface area contributed by atoms with Crippen LogP contribution in [0.4, 0.5) is 5.69 Å². The van der Waals surface area contributed by atoms with Gasteiger partial charge in [-0.15, -0.1) is 0 Å². The third kappa shape index (κ3) is 2.33.